The fraction of sp³-hybridized carbons (Fsp3) is 0.750. The smallest absolute Gasteiger partial charge is 0.222 e. The predicted octanol–water partition coefficient (Wildman–Crippen LogP) is 1.94. The Balaban J connectivity index is 1.69. The van der Waals surface area contributed by atoms with Crippen molar-refractivity contribution in [2.45, 2.75) is 44.9 Å². The molecule has 3 aliphatic rings. The molecule has 1 aliphatic heterocycles. The quantitative estimate of drug-likeness (QED) is 0.855. The molecule has 5 nitrogen and oxygen atoms in total. The lowest BCUT2D eigenvalue weighted by molar-refractivity contribution is 0.0187. The lowest BCUT2D eigenvalue weighted by Crippen LogP contribution is -2.44. The maximum absolute atomic E-state index is 5.96. The largest absolute Gasteiger partial charge is 0.379 e. The molecule has 1 saturated carbocycles. The summed E-state index contributed by atoms with van der Waals surface area (Å²) >= 11 is 0. The van der Waals surface area contributed by atoms with Crippen molar-refractivity contribution in [2.75, 3.05) is 36.9 Å². The van der Waals surface area contributed by atoms with E-state index in [1.807, 2.05) is 0 Å². The normalized spacial score (nSPS) is 24.3. The number of aryl methyl sites for hydroxylation is 1. The molecule has 0 amide bonds. The summed E-state index contributed by atoms with van der Waals surface area (Å²) in [5.41, 5.74) is 8.84. The number of anilines is 2. The van der Waals surface area contributed by atoms with Crippen LogP contribution >= 0.6 is 0 Å². The van der Waals surface area contributed by atoms with Crippen LogP contribution in [0.1, 0.15) is 43.4 Å². The second-order valence-corrected chi connectivity index (χ2v) is 6.87. The molecule has 0 unspecified atom stereocenters. The third kappa shape index (κ3) is 2.37. The van der Waals surface area contributed by atoms with Gasteiger partial charge in [0.2, 0.25) is 5.95 Å². The Morgan fingerprint density at radius 2 is 1.95 bits per heavy atom. The molecule has 0 bridgehead atoms. The van der Waals surface area contributed by atoms with Gasteiger partial charge in [-0.3, -0.25) is 0 Å². The van der Waals surface area contributed by atoms with Crippen molar-refractivity contribution in [1.82, 2.24) is 9.97 Å². The van der Waals surface area contributed by atoms with Gasteiger partial charge in [-0.15, -0.1) is 0 Å². The number of hydrogen-bond donors (Lipinski definition) is 1. The highest BCUT2D eigenvalue weighted by atomic mass is 16.5. The van der Waals surface area contributed by atoms with Crippen LogP contribution in [0.25, 0.3) is 0 Å². The number of nitrogen functional groups attached to an aromatic ring is 1. The van der Waals surface area contributed by atoms with Crippen LogP contribution in [0, 0.1) is 5.41 Å². The maximum atomic E-state index is 5.96. The SMILES string of the molecule is Nc1nc2c(c(N3CCOCC4(CCC4)C3)n1)CCCC2. The molecular weight excluding hydrogens is 264 g/mol. The Kier molecular flexibility index (Phi) is 3.25. The van der Waals surface area contributed by atoms with Gasteiger partial charge in [-0.1, -0.05) is 6.42 Å². The van der Waals surface area contributed by atoms with Gasteiger partial charge in [0, 0.05) is 24.1 Å². The van der Waals surface area contributed by atoms with E-state index in [4.69, 9.17) is 10.5 Å². The summed E-state index contributed by atoms with van der Waals surface area (Å²) in [4.78, 5) is 11.5. The van der Waals surface area contributed by atoms with Gasteiger partial charge in [-0.2, -0.15) is 4.98 Å². The zero-order valence-electron chi connectivity index (χ0n) is 12.6. The maximum Gasteiger partial charge on any atom is 0.222 e. The number of ether oxygens (including phenoxy) is 1. The summed E-state index contributed by atoms with van der Waals surface area (Å²) in [5, 5.41) is 0. The molecule has 1 aromatic heterocycles. The monoisotopic (exact) mass is 288 g/mol. The van der Waals surface area contributed by atoms with Crippen LogP contribution in [-0.4, -0.2) is 36.3 Å². The summed E-state index contributed by atoms with van der Waals surface area (Å²) in [6.45, 7) is 3.69. The minimum Gasteiger partial charge on any atom is -0.379 e. The summed E-state index contributed by atoms with van der Waals surface area (Å²) in [6.07, 6.45) is 8.50. The van der Waals surface area contributed by atoms with E-state index in [-0.39, 0.29) is 0 Å². The third-order valence-electron chi connectivity index (χ3n) is 5.33. The zero-order chi connectivity index (χ0) is 14.3. The van der Waals surface area contributed by atoms with Crippen LogP contribution in [0.5, 0.6) is 0 Å². The van der Waals surface area contributed by atoms with E-state index in [9.17, 15) is 0 Å². The highest BCUT2D eigenvalue weighted by Gasteiger charge is 2.41. The van der Waals surface area contributed by atoms with E-state index in [1.54, 1.807) is 0 Å². The van der Waals surface area contributed by atoms with E-state index in [0.29, 0.717) is 11.4 Å². The van der Waals surface area contributed by atoms with E-state index >= 15 is 0 Å². The number of hydrogen-bond acceptors (Lipinski definition) is 5. The first-order valence-electron chi connectivity index (χ1n) is 8.24. The average Bonchev–Trinajstić information content (AvgIpc) is 2.69. The molecule has 2 N–H and O–H groups in total. The topological polar surface area (TPSA) is 64.3 Å². The standard InChI is InChI=1S/C16H24N4O/c17-15-18-13-5-2-1-4-12(13)14(19-15)20-8-9-21-11-16(10-20)6-3-7-16/h1-11H2,(H2,17,18,19). The van der Waals surface area contributed by atoms with Crippen molar-refractivity contribution in [3.8, 4) is 0 Å². The van der Waals surface area contributed by atoms with Crippen molar-refractivity contribution in [1.29, 1.82) is 0 Å². The summed E-state index contributed by atoms with van der Waals surface area (Å²) in [7, 11) is 0. The predicted molar refractivity (Wildman–Crippen MR) is 82.4 cm³/mol. The van der Waals surface area contributed by atoms with Crippen LogP contribution in [0.3, 0.4) is 0 Å². The first kappa shape index (κ1) is 13.3. The lowest BCUT2D eigenvalue weighted by atomic mass is 9.69. The van der Waals surface area contributed by atoms with Crippen molar-refractivity contribution in [3.05, 3.63) is 11.3 Å². The molecule has 2 heterocycles. The first-order chi connectivity index (χ1) is 10.3. The highest BCUT2D eigenvalue weighted by Crippen LogP contribution is 2.44. The van der Waals surface area contributed by atoms with Gasteiger partial charge in [0.25, 0.3) is 0 Å². The number of aromatic nitrogens is 2. The average molecular weight is 288 g/mol. The Morgan fingerprint density at radius 1 is 1.10 bits per heavy atom. The van der Waals surface area contributed by atoms with Crippen LogP contribution in [0.4, 0.5) is 11.8 Å². The summed E-state index contributed by atoms with van der Waals surface area (Å²) in [5.74, 6) is 1.52. The highest BCUT2D eigenvalue weighted by molar-refractivity contribution is 5.53. The van der Waals surface area contributed by atoms with Crippen LogP contribution in [-0.2, 0) is 17.6 Å². The molecule has 1 aromatic rings. The molecular formula is C16H24N4O. The summed E-state index contributed by atoms with van der Waals surface area (Å²) in [6, 6.07) is 0. The van der Waals surface area contributed by atoms with Crippen molar-refractivity contribution < 1.29 is 4.74 Å². The van der Waals surface area contributed by atoms with Gasteiger partial charge in [-0.25, -0.2) is 4.98 Å². The minimum absolute atomic E-state index is 0.359. The number of nitrogens with two attached hydrogens (primary N) is 1. The zero-order valence-corrected chi connectivity index (χ0v) is 12.6. The molecule has 0 atom stereocenters. The molecule has 0 radical (unpaired) electrons. The van der Waals surface area contributed by atoms with E-state index in [0.717, 1.165) is 45.0 Å². The lowest BCUT2D eigenvalue weighted by Gasteiger charge is -2.43. The fourth-order valence-corrected chi connectivity index (χ4v) is 4.01. The van der Waals surface area contributed by atoms with Gasteiger partial charge in [0.1, 0.15) is 5.82 Å². The molecule has 1 spiro atoms. The molecule has 114 valence electrons. The van der Waals surface area contributed by atoms with E-state index < -0.39 is 0 Å². The summed E-state index contributed by atoms with van der Waals surface area (Å²) < 4.78 is 5.86. The Morgan fingerprint density at radius 3 is 2.76 bits per heavy atom. The molecule has 2 fully saturated rings. The first-order valence-corrected chi connectivity index (χ1v) is 8.24. The Hall–Kier alpha value is -1.36. The molecule has 21 heavy (non-hydrogen) atoms. The van der Waals surface area contributed by atoms with Crippen molar-refractivity contribution in [3.63, 3.8) is 0 Å². The fourth-order valence-electron chi connectivity index (χ4n) is 4.01. The minimum atomic E-state index is 0.359. The molecule has 2 aliphatic carbocycles. The van der Waals surface area contributed by atoms with E-state index in [2.05, 4.69) is 14.9 Å². The Labute approximate surface area is 125 Å². The molecule has 4 rings (SSSR count). The van der Waals surface area contributed by atoms with Gasteiger partial charge in [0.15, 0.2) is 0 Å². The van der Waals surface area contributed by atoms with Gasteiger partial charge in [0.05, 0.1) is 18.9 Å². The second kappa shape index (κ2) is 5.13. The van der Waals surface area contributed by atoms with E-state index in [1.165, 1.54) is 43.4 Å². The van der Waals surface area contributed by atoms with Gasteiger partial charge in [-0.05, 0) is 38.5 Å². The van der Waals surface area contributed by atoms with Crippen molar-refractivity contribution in [2.24, 2.45) is 5.41 Å². The van der Waals surface area contributed by atoms with Gasteiger partial charge >= 0.3 is 0 Å². The van der Waals surface area contributed by atoms with Crippen molar-refractivity contribution >= 4 is 11.8 Å². The Bertz CT molecular complexity index is 541. The third-order valence-corrected chi connectivity index (χ3v) is 5.33. The van der Waals surface area contributed by atoms with Crippen LogP contribution < -0.4 is 10.6 Å². The number of nitrogens with zero attached hydrogens (tertiary/aromatic N) is 3. The molecule has 1 saturated heterocycles. The molecule has 5 heteroatoms. The van der Waals surface area contributed by atoms with Crippen LogP contribution in [0.2, 0.25) is 0 Å². The van der Waals surface area contributed by atoms with Gasteiger partial charge < -0.3 is 15.4 Å². The number of rotatable bonds is 1. The molecule has 0 aromatic carbocycles. The van der Waals surface area contributed by atoms with Crippen LogP contribution in [0.15, 0.2) is 0 Å². The second-order valence-electron chi connectivity index (χ2n) is 6.87. The number of fused-ring (bicyclic) bond motifs is 1.